The van der Waals surface area contributed by atoms with Gasteiger partial charge in [-0.3, -0.25) is 14.5 Å². The molecular formula is C9H14N6O2S. The van der Waals surface area contributed by atoms with Crippen molar-refractivity contribution in [2.75, 3.05) is 13.1 Å². The lowest BCUT2D eigenvalue weighted by atomic mass is 10.4. The van der Waals surface area contributed by atoms with Crippen molar-refractivity contribution in [1.29, 1.82) is 0 Å². The van der Waals surface area contributed by atoms with Crippen LogP contribution in [-0.2, 0) is 16.1 Å². The molecule has 0 bridgehead atoms. The van der Waals surface area contributed by atoms with Crippen LogP contribution in [0.15, 0.2) is 5.16 Å². The van der Waals surface area contributed by atoms with Crippen LogP contribution in [0.5, 0.6) is 0 Å². The summed E-state index contributed by atoms with van der Waals surface area (Å²) in [7, 11) is 0. The number of amides is 2. The van der Waals surface area contributed by atoms with Gasteiger partial charge in [0.2, 0.25) is 17.0 Å². The minimum Gasteiger partial charge on any atom is -0.329 e. The molecule has 1 aliphatic rings. The number of nitrogens with two attached hydrogens (primary N) is 1. The van der Waals surface area contributed by atoms with Crippen LogP contribution in [0.3, 0.4) is 0 Å². The number of tetrazole rings is 1. The Labute approximate surface area is 108 Å². The first kappa shape index (κ1) is 13.0. The van der Waals surface area contributed by atoms with E-state index in [2.05, 4.69) is 15.5 Å². The standard InChI is InChI=1S/C9H14N6O2S/c1-2-14-7(16)5-6(8(14)17)18-9-11-12-13-15(9)4-3-10/h6H,2-5,10H2,1H3. The van der Waals surface area contributed by atoms with Crippen LogP contribution in [0.25, 0.3) is 0 Å². The van der Waals surface area contributed by atoms with Gasteiger partial charge in [0, 0.05) is 19.5 Å². The predicted octanol–water partition coefficient (Wildman–Crippen LogP) is -1.13. The van der Waals surface area contributed by atoms with Gasteiger partial charge in [-0.2, -0.15) is 0 Å². The second-order valence-corrected chi connectivity index (χ2v) is 4.93. The van der Waals surface area contributed by atoms with Crippen LogP contribution in [0.2, 0.25) is 0 Å². The average molecular weight is 270 g/mol. The van der Waals surface area contributed by atoms with Gasteiger partial charge in [-0.25, -0.2) is 4.68 Å². The smallest absolute Gasteiger partial charge is 0.243 e. The lowest BCUT2D eigenvalue weighted by molar-refractivity contribution is -0.137. The third kappa shape index (κ3) is 2.36. The second kappa shape index (κ2) is 5.44. The molecule has 1 aromatic rings. The highest BCUT2D eigenvalue weighted by Gasteiger charge is 2.39. The predicted molar refractivity (Wildman–Crippen MR) is 63.5 cm³/mol. The van der Waals surface area contributed by atoms with Crippen molar-refractivity contribution in [3.63, 3.8) is 0 Å². The zero-order chi connectivity index (χ0) is 13.1. The van der Waals surface area contributed by atoms with E-state index in [0.29, 0.717) is 24.8 Å². The second-order valence-electron chi connectivity index (χ2n) is 3.76. The number of thioether (sulfide) groups is 1. The number of hydrogen-bond donors (Lipinski definition) is 1. The summed E-state index contributed by atoms with van der Waals surface area (Å²) in [6.07, 6.45) is 0.201. The van der Waals surface area contributed by atoms with Crippen molar-refractivity contribution in [2.45, 2.75) is 30.3 Å². The van der Waals surface area contributed by atoms with Gasteiger partial charge in [0.25, 0.3) is 0 Å². The Hall–Kier alpha value is -1.48. The van der Waals surface area contributed by atoms with Crippen molar-refractivity contribution in [3.8, 4) is 0 Å². The lowest BCUT2D eigenvalue weighted by Crippen LogP contribution is -2.31. The summed E-state index contributed by atoms with van der Waals surface area (Å²) < 4.78 is 1.54. The Morgan fingerprint density at radius 2 is 2.28 bits per heavy atom. The van der Waals surface area contributed by atoms with E-state index in [1.165, 1.54) is 21.3 Å². The highest BCUT2D eigenvalue weighted by molar-refractivity contribution is 8.00. The molecule has 2 N–H and O–H groups in total. The van der Waals surface area contributed by atoms with E-state index in [9.17, 15) is 9.59 Å². The highest BCUT2D eigenvalue weighted by Crippen LogP contribution is 2.29. The summed E-state index contributed by atoms with van der Waals surface area (Å²) >= 11 is 1.21. The minimum atomic E-state index is -0.431. The third-order valence-corrected chi connectivity index (χ3v) is 3.76. The number of nitrogens with zero attached hydrogens (tertiary/aromatic N) is 5. The molecule has 0 aliphatic carbocycles. The van der Waals surface area contributed by atoms with Gasteiger partial charge >= 0.3 is 0 Å². The van der Waals surface area contributed by atoms with Crippen LogP contribution in [0, 0.1) is 0 Å². The van der Waals surface area contributed by atoms with Crippen LogP contribution in [0.1, 0.15) is 13.3 Å². The molecule has 1 atom stereocenters. The summed E-state index contributed by atoms with van der Waals surface area (Å²) in [5.74, 6) is -0.312. The average Bonchev–Trinajstić information content (AvgIpc) is 2.87. The van der Waals surface area contributed by atoms with Crippen LogP contribution in [-0.4, -0.2) is 55.3 Å². The molecule has 1 unspecified atom stereocenters. The Bertz CT molecular complexity index is 462. The van der Waals surface area contributed by atoms with Gasteiger partial charge in [-0.05, 0) is 17.4 Å². The molecule has 2 heterocycles. The fourth-order valence-corrected chi connectivity index (χ4v) is 2.79. The molecule has 8 nitrogen and oxygen atoms in total. The van der Waals surface area contributed by atoms with Crippen molar-refractivity contribution in [2.24, 2.45) is 5.73 Å². The fraction of sp³-hybridized carbons (Fsp3) is 0.667. The normalized spacial score (nSPS) is 19.9. The molecule has 18 heavy (non-hydrogen) atoms. The van der Waals surface area contributed by atoms with Gasteiger partial charge in [0.1, 0.15) is 5.25 Å². The number of hydrogen-bond acceptors (Lipinski definition) is 7. The van der Waals surface area contributed by atoms with E-state index in [-0.39, 0.29) is 18.2 Å². The number of carbonyl (C=O) groups is 2. The summed E-state index contributed by atoms with van der Waals surface area (Å²) in [6.45, 7) is 3.09. The van der Waals surface area contributed by atoms with Gasteiger partial charge in [0.05, 0.1) is 6.54 Å². The van der Waals surface area contributed by atoms with Crippen LogP contribution in [0.4, 0.5) is 0 Å². The largest absolute Gasteiger partial charge is 0.329 e. The van der Waals surface area contributed by atoms with Gasteiger partial charge in [0.15, 0.2) is 0 Å². The first-order valence-corrected chi connectivity index (χ1v) is 6.52. The van der Waals surface area contributed by atoms with E-state index in [1.54, 1.807) is 6.92 Å². The molecule has 0 radical (unpaired) electrons. The topological polar surface area (TPSA) is 107 Å². The van der Waals surface area contributed by atoms with Gasteiger partial charge in [-0.15, -0.1) is 5.10 Å². The molecule has 2 amide bonds. The maximum atomic E-state index is 11.9. The molecule has 0 saturated carbocycles. The molecule has 1 aromatic heterocycles. The molecule has 1 aliphatic heterocycles. The number of likely N-dealkylation sites (tertiary alicyclic amines) is 1. The van der Waals surface area contributed by atoms with E-state index in [0.717, 1.165) is 0 Å². The highest BCUT2D eigenvalue weighted by atomic mass is 32.2. The minimum absolute atomic E-state index is 0.141. The maximum Gasteiger partial charge on any atom is 0.243 e. The summed E-state index contributed by atoms with van der Waals surface area (Å²) in [5.41, 5.74) is 5.43. The van der Waals surface area contributed by atoms with E-state index in [4.69, 9.17) is 5.73 Å². The quantitative estimate of drug-likeness (QED) is 0.675. The van der Waals surface area contributed by atoms with Gasteiger partial charge < -0.3 is 5.73 Å². The molecule has 0 aromatic carbocycles. The van der Waals surface area contributed by atoms with Gasteiger partial charge in [-0.1, -0.05) is 11.8 Å². The molecular weight excluding hydrogens is 256 g/mol. The van der Waals surface area contributed by atoms with E-state index in [1.807, 2.05) is 0 Å². The molecule has 1 fully saturated rings. The first-order chi connectivity index (χ1) is 8.67. The zero-order valence-electron chi connectivity index (χ0n) is 9.94. The Morgan fingerprint density at radius 1 is 1.50 bits per heavy atom. The Morgan fingerprint density at radius 3 is 2.89 bits per heavy atom. The Balaban J connectivity index is 2.08. The van der Waals surface area contributed by atoms with Crippen molar-refractivity contribution < 1.29 is 9.59 Å². The van der Waals surface area contributed by atoms with Crippen molar-refractivity contribution in [1.82, 2.24) is 25.1 Å². The fourth-order valence-electron chi connectivity index (χ4n) is 1.75. The van der Waals surface area contributed by atoms with Crippen molar-refractivity contribution in [3.05, 3.63) is 0 Å². The summed E-state index contributed by atoms with van der Waals surface area (Å²) in [4.78, 5) is 24.8. The molecule has 2 rings (SSSR count). The Kier molecular flexibility index (Phi) is 3.92. The molecule has 0 spiro atoms. The molecule has 9 heteroatoms. The van der Waals surface area contributed by atoms with Crippen LogP contribution < -0.4 is 5.73 Å². The summed E-state index contributed by atoms with van der Waals surface area (Å²) in [6, 6.07) is 0. The maximum absolute atomic E-state index is 11.9. The number of aromatic nitrogens is 4. The van der Waals surface area contributed by atoms with Crippen LogP contribution >= 0.6 is 11.8 Å². The zero-order valence-corrected chi connectivity index (χ0v) is 10.8. The number of rotatable bonds is 5. The van der Waals surface area contributed by atoms with Crippen molar-refractivity contribution >= 4 is 23.6 Å². The SMILES string of the molecule is CCN1C(=O)CC(Sc2nnnn2CCN)C1=O. The van der Waals surface area contributed by atoms with E-state index >= 15 is 0 Å². The third-order valence-electron chi connectivity index (χ3n) is 2.61. The van der Waals surface area contributed by atoms with E-state index < -0.39 is 5.25 Å². The first-order valence-electron chi connectivity index (χ1n) is 5.64. The number of imide groups is 1. The number of carbonyl (C=O) groups excluding carboxylic acids is 2. The molecule has 1 saturated heterocycles. The monoisotopic (exact) mass is 270 g/mol. The summed E-state index contributed by atoms with van der Waals surface area (Å²) in [5, 5.41) is 11.2. The molecule has 98 valence electrons. The lowest BCUT2D eigenvalue weighted by Gasteiger charge is -2.11.